The number of nitro benzene ring substituents is 1. The molecule has 1 aromatic rings. The fourth-order valence-electron chi connectivity index (χ4n) is 3.01. The van der Waals surface area contributed by atoms with Crippen molar-refractivity contribution in [1.82, 2.24) is 4.31 Å². The molecule has 1 saturated heterocycles. The zero-order valence-corrected chi connectivity index (χ0v) is 15.1. The van der Waals surface area contributed by atoms with Crippen LogP contribution in [0.2, 0.25) is 0 Å². The van der Waals surface area contributed by atoms with Crippen molar-refractivity contribution < 1.29 is 21.8 Å². The second-order valence-corrected chi connectivity index (χ2v) is 10.1. The molecule has 1 heterocycles. The number of sulfone groups is 1. The van der Waals surface area contributed by atoms with Gasteiger partial charge in [0, 0.05) is 25.2 Å². The number of hydrogen-bond donors (Lipinski definition) is 0. The van der Waals surface area contributed by atoms with Crippen molar-refractivity contribution in [3.8, 4) is 0 Å². The summed E-state index contributed by atoms with van der Waals surface area (Å²) in [5.41, 5.74) is -0.191. The van der Waals surface area contributed by atoms with E-state index in [-0.39, 0.29) is 29.6 Å². The lowest BCUT2D eigenvalue weighted by Gasteiger charge is -2.18. The van der Waals surface area contributed by atoms with Crippen LogP contribution in [0, 0.1) is 16.0 Å². The molecular formula is C14H20N2O6S2. The minimum Gasteiger partial charge on any atom is -0.258 e. The summed E-state index contributed by atoms with van der Waals surface area (Å²) in [6.07, 6.45) is 2.41. The number of rotatable bonds is 6. The van der Waals surface area contributed by atoms with E-state index < -0.39 is 30.0 Å². The highest BCUT2D eigenvalue weighted by Crippen LogP contribution is 2.32. The molecule has 2 rings (SSSR count). The van der Waals surface area contributed by atoms with Crippen molar-refractivity contribution in [3.05, 3.63) is 34.4 Å². The third kappa shape index (κ3) is 3.76. The molecule has 8 nitrogen and oxygen atoms in total. The Kier molecular flexibility index (Phi) is 5.31. The van der Waals surface area contributed by atoms with E-state index in [9.17, 15) is 26.9 Å². The van der Waals surface area contributed by atoms with Gasteiger partial charge in [-0.05, 0) is 24.5 Å². The molecule has 0 amide bonds. The summed E-state index contributed by atoms with van der Waals surface area (Å²) < 4.78 is 50.5. The van der Waals surface area contributed by atoms with Crippen LogP contribution in [0.1, 0.15) is 19.8 Å². The molecule has 0 aromatic heterocycles. The van der Waals surface area contributed by atoms with Crippen LogP contribution in [0.5, 0.6) is 0 Å². The Bertz CT molecular complexity index is 817. The molecule has 1 aliphatic heterocycles. The van der Waals surface area contributed by atoms with E-state index in [2.05, 4.69) is 0 Å². The van der Waals surface area contributed by atoms with Gasteiger partial charge < -0.3 is 0 Å². The maximum absolute atomic E-state index is 12.9. The van der Waals surface area contributed by atoms with Crippen molar-refractivity contribution in [1.29, 1.82) is 0 Å². The van der Waals surface area contributed by atoms with E-state index in [1.165, 1.54) is 16.4 Å². The molecule has 0 aliphatic carbocycles. The minimum atomic E-state index is -3.77. The quantitative estimate of drug-likeness (QED) is 0.548. The first-order valence-electron chi connectivity index (χ1n) is 7.51. The normalized spacial score (nSPS) is 22.6. The van der Waals surface area contributed by atoms with Crippen LogP contribution < -0.4 is 0 Å². The molecule has 0 spiro atoms. The molecule has 10 heteroatoms. The summed E-state index contributed by atoms with van der Waals surface area (Å²) in [7, 11) is -7.24. The Balaban J connectivity index is 2.36. The molecule has 134 valence electrons. The lowest BCUT2D eigenvalue weighted by atomic mass is 10.0. The van der Waals surface area contributed by atoms with E-state index in [0.717, 1.165) is 24.8 Å². The standard InChI is InChI=1S/C14H20N2O6S2/c1-3-4-11-9-15(23(2,19)20)10-14(11)24(21,22)13-7-5-12(6-8-13)16(17)18/h5-8,11,14H,3-4,9-10H2,1-2H3/t11-,14?/m1/s1. The average Bonchev–Trinajstić information content (AvgIpc) is 2.92. The fraction of sp³-hybridized carbons (Fsp3) is 0.571. The van der Waals surface area contributed by atoms with Gasteiger partial charge in [0.05, 0.1) is 21.3 Å². The van der Waals surface area contributed by atoms with Crippen LogP contribution in [-0.2, 0) is 19.9 Å². The summed E-state index contributed by atoms with van der Waals surface area (Å²) >= 11 is 0. The Morgan fingerprint density at radius 1 is 1.17 bits per heavy atom. The van der Waals surface area contributed by atoms with E-state index >= 15 is 0 Å². The van der Waals surface area contributed by atoms with Gasteiger partial charge in [-0.25, -0.2) is 21.1 Å². The average molecular weight is 376 g/mol. The third-order valence-electron chi connectivity index (χ3n) is 4.25. The molecule has 2 atom stereocenters. The Morgan fingerprint density at radius 2 is 1.75 bits per heavy atom. The SMILES string of the molecule is CCC[C@@H]1CN(S(C)(=O)=O)CC1S(=O)(=O)c1ccc([N+](=O)[O-])cc1. The maximum atomic E-state index is 12.9. The van der Waals surface area contributed by atoms with Crippen LogP contribution in [0.3, 0.4) is 0 Å². The van der Waals surface area contributed by atoms with Crippen molar-refractivity contribution in [2.75, 3.05) is 19.3 Å². The minimum absolute atomic E-state index is 0.0189. The highest BCUT2D eigenvalue weighted by atomic mass is 32.2. The Hall–Kier alpha value is -1.52. The topological polar surface area (TPSA) is 115 Å². The van der Waals surface area contributed by atoms with Crippen LogP contribution in [0.25, 0.3) is 0 Å². The second kappa shape index (κ2) is 6.77. The van der Waals surface area contributed by atoms with Gasteiger partial charge in [0.25, 0.3) is 5.69 Å². The van der Waals surface area contributed by atoms with E-state index in [1.54, 1.807) is 0 Å². The van der Waals surface area contributed by atoms with E-state index in [0.29, 0.717) is 6.42 Å². The molecule has 1 unspecified atom stereocenters. The van der Waals surface area contributed by atoms with E-state index in [4.69, 9.17) is 0 Å². The molecule has 1 aromatic carbocycles. The zero-order chi connectivity index (χ0) is 18.1. The first kappa shape index (κ1) is 18.8. The number of non-ortho nitro benzene ring substituents is 1. The van der Waals surface area contributed by atoms with Gasteiger partial charge in [-0.1, -0.05) is 13.3 Å². The van der Waals surface area contributed by atoms with Gasteiger partial charge in [0.1, 0.15) is 0 Å². The van der Waals surface area contributed by atoms with E-state index in [1.807, 2.05) is 6.92 Å². The smallest absolute Gasteiger partial charge is 0.258 e. The predicted molar refractivity (Wildman–Crippen MR) is 88.9 cm³/mol. The Morgan fingerprint density at radius 3 is 2.21 bits per heavy atom. The number of sulfonamides is 1. The van der Waals surface area contributed by atoms with Crippen LogP contribution >= 0.6 is 0 Å². The molecule has 24 heavy (non-hydrogen) atoms. The first-order valence-corrected chi connectivity index (χ1v) is 10.9. The molecular weight excluding hydrogens is 356 g/mol. The van der Waals surface area contributed by atoms with Crippen molar-refractivity contribution in [2.45, 2.75) is 29.9 Å². The fourth-order valence-corrected chi connectivity index (χ4v) is 5.96. The van der Waals surface area contributed by atoms with Crippen LogP contribution in [0.15, 0.2) is 29.2 Å². The van der Waals surface area contributed by atoms with Gasteiger partial charge in [-0.15, -0.1) is 0 Å². The largest absolute Gasteiger partial charge is 0.269 e. The van der Waals surface area contributed by atoms with Gasteiger partial charge in [-0.2, -0.15) is 0 Å². The lowest BCUT2D eigenvalue weighted by Crippen LogP contribution is -2.31. The highest BCUT2D eigenvalue weighted by molar-refractivity contribution is 7.92. The van der Waals surface area contributed by atoms with Crippen molar-refractivity contribution >= 4 is 25.5 Å². The van der Waals surface area contributed by atoms with Gasteiger partial charge in [0.2, 0.25) is 10.0 Å². The second-order valence-electron chi connectivity index (χ2n) is 5.96. The molecule has 0 radical (unpaired) electrons. The molecule has 1 aliphatic rings. The molecule has 1 fully saturated rings. The summed E-state index contributed by atoms with van der Waals surface area (Å²) in [6.45, 7) is 2.02. The lowest BCUT2D eigenvalue weighted by molar-refractivity contribution is -0.384. The summed E-state index contributed by atoms with van der Waals surface area (Å²) in [6, 6.07) is 4.70. The zero-order valence-electron chi connectivity index (χ0n) is 13.5. The first-order chi connectivity index (χ1) is 11.1. The highest BCUT2D eigenvalue weighted by Gasteiger charge is 2.44. The van der Waals surface area contributed by atoms with Crippen molar-refractivity contribution in [2.24, 2.45) is 5.92 Å². The number of hydrogen-bond acceptors (Lipinski definition) is 6. The van der Waals surface area contributed by atoms with Gasteiger partial charge in [-0.3, -0.25) is 10.1 Å². The van der Waals surface area contributed by atoms with Crippen LogP contribution in [0.4, 0.5) is 5.69 Å². The van der Waals surface area contributed by atoms with Crippen molar-refractivity contribution in [3.63, 3.8) is 0 Å². The number of nitro groups is 1. The predicted octanol–water partition coefficient (Wildman–Crippen LogP) is 1.43. The maximum Gasteiger partial charge on any atom is 0.269 e. The number of benzene rings is 1. The monoisotopic (exact) mass is 376 g/mol. The van der Waals surface area contributed by atoms with Crippen LogP contribution in [-0.4, -0.2) is 50.7 Å². The Labute approximate surface area is 141 Å². The summed E-state index contributed by atoms with van der Waals surface area (Å²) in [5.74, 6) is -0.287. The molecule has 0 N–H and O–H groups in total. The summed E-state index contributed by atoms with van der Waals surface area (Å²) in [5, 5.41) is 9.85. The van der Waals surface area contributed by atoms with Gasteiger partial charge in [0.15, 0.2) is 9.84 Å². The van der Waals surface area contributed by atoms with Gasteiger partial charge >= 0.3 is 0 Å². The number of nitrogens with zero attached hydrogens (tertiary/aromatic N) is 2. The third-order valence-corrected chi connectivity index (χ3v) is 7.75. The molecule has 0 bridgehead atoms. The molecule has 0 saturated carbocycles. The summed E-state index contributed by atoms with van der Waals surface area (Å²) in [4.78, 5) is 10.1.